The largest absolute Gasteiger partial charge is 0.355 e. The molecular formula is C22H22N8OS. The summed E-state index contributed by atoms with van der Waals surface area (Å²) in [5, 5.41) is 18.2. The highest BCUT2D eigenvalue weighted by atomic mass is 32.2. The Bertz CT molecular complexity index is 1450. The molecular weight excluding hydrogens is 424 g/mol. The Kier molecular flexibility index (Phi) is 4.90. The summed E-state index contributed by atoms with van der Waals surface area (Å²) in [6.07, 6.45) is 9.05. The number of anilines is 1. The van der Waals surface area contributed by atoms with Crippen molar-refractivity contribution in [3.8, 4) is 28.3 Å². The van der Waals surface area contributed by atoms with Gasteiger partial charge in [-0.15, -0.1) is 0 Å². The highest BCUT2D eigenvalue weighted by molar-refractivity contribution is 7.93. The molecule has 0 amide bonds. The van der Waals surface area contributed by atoms with Crippen LogP contribution in [0.3, 0.4) is 0 Å². The molecule has 162 valence electrons. The van der Waals surface area contributed by atoms with Crippen molar-refractivity contribution in [1.29, 1.82) is 5.26 Å². The number of aromatic nitrogens is 5. The molecule has 0 N–H and O–H groups in total. The number of aryl methyl sites for hydroxylation is 1. The second-order valence-electron chi connectivity index (χ2n) is 7.76. The van der Waals surface area contributed by atoms with E-state index in [0.717, 1.165) is 33.6 Å². The van der Waals surface area contributed by atoms with Crippen LogP contribution in [0.4, 0.5) is 5.82 Å². The van der Waals surface area contributed by atoms with Gasteiger partial charge in [0.25, 0.3) is 0 Å². The lowest BCUT2D eigenvalue weighted by atomic mass is 10.0. The molecule has 0 radical (unpaired) electrons. The van der Waals surface area contributed by atoms with E-state index in [1.54, 1.807) is 28.6 Å². The molecule has 1 saturated heterocycles. The molecule has 0 bridgehead atoms. The number of fused-ring (bicyclic) bond motifs is 1. The molecule has 4 aromatic rings. The van der Waals surface area contributed by atoms with Crippen molar-refractivity contribution in [3.05, 3.63) is 54.7 Å². The second-order valence-corrected chi connectivity index (χ2v) is 10.5. The van der Waals surface area contributed by atoms with Crippen LogP contribution in [0.25, 0.3) is 27.8 Å². The first-order valence-corrected chi connectivity index (χ1v) is 12.1. The minimum absolute atomic E-state index is 0.510. The Balaban J connectivity index is 1.55. The van der Waals surface area contributed by atoms with Gasteiger partial charge in [0, 0.05) is 89.3 Å². The first kappa shape index (κ1) is 20.2. The van der Waals surface area contributed by atoms with Gasteiger partial charge < -0.3 is 4.90 Å². The van der Waals surface area contributed by atoms with Crippen LogP contribution in [-0.4, -0.2) is 60.2 Å². The van der Waals surface area contributed by atoms with Gasteiger partial charge in [0.05, 0.1) is 23.5 Å². The van der Waals surface area contributed by atoms with Gasteiger partial charge in [-0.1, -0.05) is 0 Å². The molecule has 0 aromatic carbocycles. The maximum Gasteiger partial charge on any atom is 0.128 e. The zero-order valence-electron chi connectivity index (χ0n) is 17.8. The molecule has 0 atom stereocenters. The third-order valence-electron chi connectivity index (χ3n) is 5.85. The van der Waals surface area contributed by atoms with Crippen LogP contribution >= 0.6 is 0 Å². The van der Waals surface area contributed by atoms with E-state index in [9.17, 15) is 9.47 Å². The van der Waals surface area contributed by atoms with E-state index in [1.165, 1.54) is 0 Å². The minimum atomic E-state index is -2.07. The summed E-state index contributed by atoms with van der Waals surface area (Å²) in [7, 11) is 1.45. The average Bonchev–Trinajstić information content (AvgIpc) is 3.45. The van der Waals surface area contributed by atoms with Crippen molar-refractivity contribution < 1.29 is 4.21 Å². The Morgan fingerprint density at radius 1 is 1.06 bits per heavy atom. The molecule has 0 spiro atoms. The van der Waals surface area contributed by atoms with Crippen LogP contribution in [0, 0.1) is 11.3 Å². The molecule has 10 heteroatoms. The van der Waals surface area contributed by atoms with E-state index in [-0.39, 0.29) is 0 Å². The summed E-state index contributed by atoms with van der Waals surface area (Å²) in [6.45, 7) is 1.34. The molecule has 4 aromatic heterocycles. The van der Waals surface area contributed by atoms with Crippen molar-refractivity contribution in [2.75, 3.05) is 36.5 Å². The van der Waals surface area contributed by atoms with Crippen LogP contribution in [0.2, 0.25) is 0 Å². The topological polar surface area (TPSA) is 104 Å². The van der Waals surface area contributed by atoms with Crippen LogP contribution in [-0.2, 0) is 16.8 Å². The SMILES string of the molecule is CN=S1(=O)CCN(c2ccc(-c3cc(-c4cnn(C)c4)cn4ncc(C#N)c34)cn2)CC1. The summed E-state index contributed by atoms with van der Waals surface area (Å²) in [4.78, 5) is 6.82. The molecule has 1 aliphatic rings. The molecule has 0 unspecified atom stereocenters. The molecule has 32 heavy (non-hydrogen) atoms. The van der Waals surface area contributed by atoms with Gasteiger partial charge in [-0.25, -0.2) is 18.1 Å². The van der Waals surface area contributed by atoms with E-state index < -0.39 is 9.73 Å². The van der Waals surface area contributed by atoms with Crippen molar-refractivity contribution in [2.45, 2.75) is 0 Å². The smallest absolute Gasteiger partial charge is 0.128 e. The second kappa shape index (κ2) is 7.76. The van der Waals surface area contributed by atoms with Gasteiger partial charge in [0.15, 0.2) is 0 Å². The lowest BCUT2D eigenvalue weighted by Crippen LogP contribution is -2.40. The lowest BCUT2D eigenvalue weighted by Gasteiger charge is -2.29. The standard InChI is InChI=1S/C22H22N8OS/c1-24-32(31)7-5-29(6-8-32)21-4-3-16(11-25-21)20-9-17(19-13-26-28(2)14-19)15-30-22(20)18(10-23)12-27-30/h3-4,9,11-15H,5-8H2,1-2H3. The number of hydrogen-bond acceptors (Lipinski definition) is 7. The molecule has 1 aliphatic heterocycles. The number of hydrogen-bond donors (Lipinski definition) is 0. The summed E-state index contributed by atoms with van der Waals surface area (Å²) < 4.78 is 20.0. The van der Waals surface area contributed by atoms with Gasteiger partial charge in [-0.05, 0) is 18.2 Å². The van der Waals surface area contributed by atoms with Crippen molar-refractivity contribution in [1.82, 2.24) is 24.4 Å². The normalized spacial score (nSPS) is 15.6. The number of nitriles is 1. The predicted molar refractivity (Wildman–Crippen MR) is 124 cm³/mol. The van der Waals surface area contributed by atoms with Crippen LogP contribution in [0.15, 0.2) is 53.5 Å². The van der Waals surface area contributed by atoms with E-state index in [4.69, 9.17) is 0 Å². The van der Waals surface area contributed by atoms with E-state index in [2.05, 4.69) is 30.5 Å². The van der Waals surface area contributed by atoms with Crippen LogP contribution in [0.1, 0.15) is 5.56 Å². The van der Waals surface area contributed by atoms with Gasteiger partial charge in [-0.2, -0.15) is 15.5 Å². The van der Waals surface area contributed by atoms with Crippen LogP contribution < -0.4 is 4.90 Å². The van der Waals surface area contributed by atoms with Gasteiger partial charge >= 0.3 is 0 Å². The first-order valence-electron chi connectivity index (χ1n) is 10.2. The quantitative estimate of drug-likeness (QED) is 0.479. The lowest BCUT2D eigenvalue weighted by molar-refractivity contribution is 0.664. The molecule has 0 saturated carbocycles. The van der Waals surface area contributed by atoms with Gasteiger partial charge in [-0.3, -0.25) is 4.68 Å². The highest BCUT2D eigenvalue weighted by Crippen LogP contribution is 2.32. The maximum absolute atomic E-state index is 12.4. The zero-order chi connectivity index (χ0) is 22.3. The Morgan fingerprint density at radius 2 is 1.88 bits per heavy atom. The molecule has 5 rings (SSSR count). The number of pyridine rings is 2. The highest BCUT2D eigenvalue weighted by Gasteiger charge is 2.21. The fourth-order valence-corrected chi connectivity index (χ4v) is 5.60. The predicted octanol–water partition coefficient (Wildman–Crippen LogP) is 2.59. The van der Waals surface area contributed by atoms with E-state index in [0.29, 0.717) is 30.2 Å². The Morgan fingerprint density at radius 3 is 2.50 bits per heavy atom. The summed E-state index contributed by atoms with van der Waals surface area (Å²) in [6, 6.07) is 8.26. The summed E-state index contributed by atoms with van der Waals surface area (Å²) >= 11 is 0. The van der Waals surface area contributed by atoms with Gasteiger partial charge in [0.2, 0.25) is 0 Å². The molecule has 0 aliphatic carbocycles. The Labute approximate surface area is 186 Å². The Hall–Kier alpha value is -3.71. The number of nitrogens with zero attached hydrogens (tertiary/aromatic N) is 8. The first-order chi connectivity index (χ1) is 15.5. The fourth-order valence-electron chi connectivity index (χ4n) is 4.02. The summed E-state index contributed by atoms with van der Waals surface area (Å²) in [5.41, 5.74) is 4.95. The third-order valence-corrected chi connectivity index (χ3v) is 8.15. The molecule has 5 heterocycles. The van der Waals surface area contributed by atoms with Crippen molar-refractivity contribution >= 4 is 21.1 Å². The van der Waals surface area contributed by atoms with Crippen molar-refractivity contribution in [2.24, 2.45) is 11.4 Å². The van der Waals surface area contributed by atoms with Crippen molar-refractivity contribution in [3.63, 3.8) is 0 Å². The molecule has 9 nitrogen and oxygen atoms in total. The molecule has 1 fully saturated rings. The monoisotopic (exact) mass is 446 g/mol. The zero-order valence-corrected chi connectivity index (χ0v) is 18.7. The fraction of sp³-hybridized carbons (Fsp3) is 0.273. The maximum atomic E-state index is 12.4. The minimum Gasteiger partial charge on any atom is -0.355 e. The van der Waals surface area contributed by atoms with E-state index in [1.807, 2.05) is 43.8 Å². The average molecular weight is 447 g/mol. The summed E-state index contributed by atoms with van der Waals surface area (Å²) in [5.74, 6) is 1.96. The van der Waals surface area contributed by atoms with Crippen LogP contribution in [0.5, 0.6) is 0 Å². The van der Waals surface area contributed by atoms with Gasteiger partial charge in [0.1, 0.15) is 11.9 Å². The number of rotatable bonds is 3. The third kappa shape index (κ3) is 3.50. The van der Waals surface area contributed by atoms with E-state index >= 15 is 0 Å².